The number of phenols is 2. The van der Waals surface area contributed by atoms with Crippen LogP contribution in [0.3, 0.4) is 0 Å². The highest BCUT2D eigenvalue weighted by molar-refractivity contribution is 5.84. The summed E-state index contributed by atoms with van der Waals surface area (Å²) in [6.07, 6.45) is 1.26. The highest BCUT2D eigenvalue weighted by Crippen LogP contribution is 2.25. The lowest BCUT2D eigenvalue weighted by atomic mass is 10.1. The smallest absolute Gasteiger partial charge is 0.311 e. The normalized spacial score (nSPS) is 10.6. The molecule has 0 spiro atoms. The molecule has 118 valence electrons. The van der Waals surface area contributed by atoms with Crippen LogP contribution >= 0.6 is 0 Å². The first-order valence-electron chi connectivity index (χ1n) is 6.53. The second kappa shape index (κ2) is 7.03. The van der Waals surface area contributed by atoms with Gasteiger partial charge in [-0.2, -0.15) is 5.10 Å². The molecule has 23 heavy (non-hydrogen) atoms. The molecule has 0 aliphatic rings. The highest BCUT2D eigenvalue weighted by Gasteiger charge is 2.12. The van der Waals surface area contributed by atoms with Crippen LogP contribution in [0.1, 0.15) is 11.1 Å². The number of rotatable bonds is 5. The Morgan fingerprint density at radius 3 is 2.74 bits per heavy atom. The summed E-state index contributed by atoms with van der Waals surface area (Å²) in [5, 5.41) is 33.0. The summed E-state index contributed by atoms with van der Waals surface area (Å²) in [6.45, 7) is 0. The van der Waals surface area contributed by atoms with Crippen molar-refractivity contribution in [2.24, 2.45) is 5.10 Å². The fourth-order valence-electron chi connectivity index (χ4n) is 1.84. The summed E-state index contributed by atoms with van der Waals surface area (Å²) in [5.74, 6) is -0.782. The first-order valence-corrected chi connectivity index (χ1v) is 6.53. The Balaban J connectivity index is 1.97. The number of nitrogens with zero attached hydrogens (tertiary/aromatic N) is 2. The van der Waals surface area contributed by atoms with Gasteiger partial charge in [-0.3, -0.25) is 14.9 Å². The van der Waals surface area contributed by atoms with Gasteiger partial charge in [-0.25, -0.2) is 5.43 Å². The highest BCUT2D eigenvalue weighted by atomic mass is 16.6. The fraction of sp³-hybridized carbons (Fsp3) is 0.0667. The molecule has 1 amide bonds. The van der Waals surface area contributed by atoms with E-state index in [0.29, 0.717) is 11.1 Å². The molecule has 0 aliphatic carbocycles. The third kappa shape index (κ3) is 4.53. The van der Waals surface area contributed by atoms with E-state index in [-0.39, 0.29) is 12.2 Å². The summed E-state index contributed by atoms with van der Waals surface area (Å²) < 4.78 is 0. The largest absolute Gasteiger partial charge is 0.508 e. The van der Waals surface area contributed by atoms with Gasteiger partial charge in [0, 0.05) is 11.6 Å². The lowest BCUT2D eigenvalue weighted by Crippen LogP contribution is -2.19. The van der Waals surface area contributed by atoms with E-state index in [1.807, 2.05) is 0 Å². The predicted octanol–water partition coefficient (Wildman–Crippen LogP) is 1.70. The minimum absolute atomic E-state index is 0.0292. The van der Waals surface area contributed by atoms with Gasteiger partial charge >= 0.3 is 5.69 Å². The molecule has 3 N–H and O–H groups in total. The Morgan fingerprint density at radius 1 is 1.26 bits per heavy atom. The van der Waals surface area contributed by atoms with Gasteiger partial charge in [0.25, 0.3) is 0 Å². The summed E-state index contributed by atoms with van der Waals surface area (Å²) in [5.41, 5.74) is 2.81. The molecule has 0 atom stereocenters. The molecule has 0 fully saturated rings. The van der Waals surface area contributed by atoms with Crippen molar-refractivity contribution in [2.75, 3.05) is 0 Å². The lowest BCUT2D eigenvalue weighted by Gasteiger charge is -2.01. The van der Waals surface area contributed by atoms with Gasteiger partial charge in [-0.1, -0.05) is 12.1 Å². The number of carbonyl (C=O) groups is 1. The number of nitrogens with one attached hydrogen (secondary N) is 1. The number of amides is 1. The number of nitro groups is 1. The van der Waals surface area contributed by atoms with Gasteiger partial charge < -0.3 is 10.2 Å². The summed E-state index contributed by atoms with van der Waals surface area (Å²) in [4.78, 5) is 21.7. The molecule has 0 radical (unpaired) electrons. The van der Waals surface area contributed by atoms with Crippen molar-refractivity contribution < 1.29 is 19.9 Å². The molecule has 2 aromatic carbocycles. The molecule has 0 unspecified atom stereocenters. The van der Waals surface area contributed by atoms with Crippen molar-refractivity contribution in [1.29, 1.82) is 0 Å². The number of carbonyl (C=O) groups excluding carboxylic acids is 1. The van der Waals surface area contributed by atoms with E-state index in [0.717, 1.165) is 6.07 Å². The van der Waals surface area contributed by atoms with Crippen LogP contribution in [0.25, 0.3) is 0 Å². The molecular weight excluding hydrogens is 302 g/mol. The van der Waals surface area contributed by atoms with Gasteiger partial charge in [0.1, 0.15) is 5.75 Å². The zero-order valence-electron chi connectivity index (χ0n) is 11.8. The minimum atomic E-state index is -0.715. The SMILES string of the molecule is O=C(Cc1cccc(O)c1)N/N=C/c1ccc(O)c([N+](=O)[O-])c1. The topological polar surface area (TPSA) is 125 Å². The van der Waals surface area contributed by atoms with Crippen molar-refractivity contribution in [1.82, 2.24) is 5.43 Å². The van der Waals surface area contributed by atoms with Gasteiger partial charge in [0.05, 0.1) is 17.6 Å². The monoisotopic (exact) mass is 315 g/mol. The second-order valence-corrected chi connectivity index (χ2v) is 4.65. The number of nitro benzene ring substituents is 1. The van der Waals surface area contributed by atoms with Crippen LogP contribution in [-0.4, -0.2) is 27.3 Å². The molecule has 0 aliphatic heterocycles. The zero-order valence-corrected chi connectivity index (χ0v) is 11.8. The second-order valence-electron chi connectivity index (χ2n) is 4.65. The number of hydrazone groups is 1. The van der Waals surface area contributed by atoms with Crippen LogP contribution in [0.4, 0.5) is 5.69 Å². The Kier molecular flexibility index (Phi) is 4.88. The van der Waals surface area contributed by atoms with E-state index in [1.54, 1.807) is 12.1 Å². The standard InChI is InChI=1S/C15H13N3O5/c19-12-3-1-2-10(6-12)8-15(21)17-16-9-11-4-5-14(20)13(7-11)18(22)23/h1-7,9,19-20H,8H2,(H,17,21)/b16-9+. The molecule has 8 nitrogen and oxygen atoms in total. The summed E-state index contributed by atoms with van der Waals surface area (Å²) in [7, 11) is 0. The summed E-state index contributed by atoms with van der Waals surface area (Å²) >= 11 is 0. The number of aromatic hydroxyl groups is 2. The van der Waals surface area contributed by atoms with Crippen molar-refractivity contribution in [3.8, 4) is 11.5 Å². The van der Waals surface area contributed by atoms with E-state index in [1.165, 1.54) is 30.5 Å². The van der Waals surface area contributed by atoms with E-state index in [4.69, 9.17) is 0 Å². The zero-order chi connectivity index (χ0) is 16.8. The van der Waals surface area contributed by atoms with Crippen molar-refractivity contribution in [2.45, 2.75) is 6.42 Å². The Morgan fingerprint density at radius 2 is 2.04 bits per heavy atom. The average molecular weight is 315 g/mol. The van der Waals surface area contributed by atoms with E-state index in [2.05, 4.69) is 10.5 Å². The number of phenolic OH excluding ortho intramolecular Hbond substituents is 2. The Labute approximate surface area is 130 Å². The third-order valence-electron chi connectivity index (χ3n) is 2.87. The molecule has 8 heteroatoms. The maximum absolute atomic E-state index is 11.7. The van der Waals surface area contributed by atoms with Crippen LogP contribution < -0.4 is 5.43 Å². The first-order chi connectivity index (χ1) is 11.0. The summed E-state index contributed by atoms with van der Waals surface area (Å²) in [6, 6.07) is 10.0. The molecule has 0 aromatic heterocycles. The number of benzene rings is 2. The molecule has 0 saturated carbocycles. The quantitative estimate of drug-likeness (QED) is 0.440. The molecular formula is C15H13N3O5. The van der Waals surface area contributed by atoms with Crippen LogP contribution in [0.15, 0.2) is 47.6 Å². The van der Waals surface area contributed by atoms with Gasteiger partial charge in [0.2, 0.25) is 5.91 Å². The van der Waals surface area contributed by atoms with Crippen LogP contribution in [0, 0.1) is 10.1 Å². The van der Waals surface area contributed by atoms with Gasteiger partial charge in [-0.15, -0.1) is 0 Å². The average Bonchev–Trinajstić information content (AvgIpc) is 2.48. The fourth-order valence-corrected chi connectivity index (χ4v) is 1.84. The van der Waals surface area contributed by atoms with E-state index < -0.39 is 22.3 Å². The van der Waals surface area contributed by atoms with Crippen molar-refractivity contribution in [3.05, 3.63) is 63.7 Å². The Bertz CT molecular complexity index is 773. The molecule has 2 rings (SSSR count). The van der Waals surface area contributed by atoms with Crippen LogP contribution in [0.5, 0.6) is 11.5 Å². The van der Waals surface area contributed by atoms with E-state index >= 15 is 0 Å². The lowest BCUT2D eigenvalue weighted by molar-refractivity contribution is -0.385. The Hall–Kier alpha value is -3.42. The number of hydrogen-bond acceptors (Lipinski definition) is 6. The maximum Gasteiger partial charge on any atom is 0.311 e. The molecule has 2 aromatic rings. The van der Waals surface area contributed by atoms with E-state index in [9.17, 15) is 25.1 Å². The third-order valence-corrected chi connectivity index (χ3v) is 2.87. The van der Waals surface area contributed by atoms with Crippen LogP contribution in [0.2, 0.25) is 0 Å². The van der Waals surface area contributed by atoms with Gasteiger partial charge in [-0.05, 0) is 29.8 Å². The minimum Gasteiger partial charge on any atom is -0.508 e. The molecule has 0 heterocycles. The molecule has 0 bridgehead atoms. The first kappa shape index (κ1) is 16.0. The maximum atomic E-state index is 11.7. The predicted molar refractivity (Wildman–Crippen MR) is 82.3 cm³/mol. The van der Waals surface area contributed by atoms with Crippen molar-refractivity contribution >= 4 is 17.8 Å². The van der Waals surface area contributed by atoms with Gasteiger partial charge in [0.15, 0.2) is 5.75 Å². The number of hydrogen-bond donors (Lipinski definition) is 3. The molecule has 0 saturated heterocycles. The van der Waals surface area contributed by atoms with Crippen molar-refractivity contribution in [3.63, 3.8) is 0 Å². The van der Waals surface area contributed by atoms with Crippen LogP contribution in [-0.2, 0) is 11.2 Å².